The Balaban J connectivity index is 3.30. The van der Waals surface area contributed by atoms with Gasteiger partial charge in [-0.1, -0.05) is 30.7 Å². The molecule has 0 atom stereocenters. The van der Waals surface area contributed by atoms with Gasteiger partial charge in [0.2, 0.25) is 11.8 Å². The highest BCUT2D eigenvalue weighted by Gasteiger charge is 2.02. The monoisotopic (exact) mass is 358 g/mol. The lowest BCUT2D eigenvalue weighted by atomic mass is 10.3. The second-order valence-electron chi connectivity index (χ2n) is 5.63. The van der Waals surface area contributed by atoms with Crippen LogP contribution in [-0.2, 0) is 9.59 Å². The number of nitrogens with one attached hydrogen (secondary N) is 2. The van der Waals surface area contributed by atoms with Crippen LogP contribution in [0.3, 0.4) is 0 Å². The molecule has 0 aliphatic rings. The van der Waals surface area contributed by atoms with Gasteiger partial charge in [-0.3, -0.25) is 9.59 Å². The minimum atomic E-state index is 0.0781. The maximum Gasteiger partial charge on any atom is 0.230 e. The van der Waals surface area contributed by atoms with E-state index in [0.717, 1.165) is 41.9 Å². The van der Waals surface area contributed by atoms with Crippen molar-refractivity contribution in [2.75, 3.05) is 36.1 Å². The Kier molecular flexibility index (Phi) is 14.1. The lowest BCUT2D eigenvalue weighted by molar-refractivity contribution is -0.119. The second-order valence-corrected chi connectivity index (χ2v) is 7.84. The van der Waals surface area contributed by atoms with Crippen molar-refractivity contribution in [2.24, 2.45) is 0 Å². The zero-order valence-corrected chi connectivity index (χ0v) is 16.0. The van der Waals surface area contributed by atoms with E-state index in [1.807, 2.05) is 13.8 Å². The SMILES string of the molecule is C=C(C)CNC(=O)CSCCCCCSCC(=O)NCC(=C)C. The van der Waals surface area contributed by atoms with Crippen LogP contribution < -0.4 is 10.6 Å². The maximum absolute atomic E-state index is 11.5. The standard InChI is InChI=1S/C17H30N2O2S2/c1-14(2)10-18-16(20)12-22-8-6-5-7-9-23-13-17(21)19-11-15(3)4/h1,3,5-13H2,2,4H3,(H,18,20)(H,19,21). The molecule has 0 bridgehead atoms. The van der Waals surface area contributed by atoms with Gasteiger partial charge in [0, 0.05) is 13.1 Å². The first kappa shape index (κ1) is 22.1. The van der Waals surface area contributed by atoms with E-state index in [1.54, 1.807) is 23.5 Å². The van der Waals surface area contributed by atoms with Gasteiger partial charge in [0.05, 0.1) is 11.5 Å². The molecule has 2 N–H and O–H groups in total. The largest absolute Gasteiger partial charge is 0.352 e. The van der Waals surface area contributed by atoms with Crippen molar-refractivity contribution in [3.63, 3.8) is 0 Å². The van der Waals surface area contributed by atoms with E-state index in [2.05, 4.69) is 23.8 Å². The van der Waals surface area contributed by atoms with E-state index in [-0.39, 0.29) is 11.8 Å². The smallest absolute Gasteiger partial charge is 0.230 e. The number of amides is 2. The fraction of sp³-hybridized carbons (Fsp3) is 0.647. The highest BCUT2D eigenvalue weighted by atomic mass is 32.2. The number of carbonyl (C=O) groups excluding carboxylic acids is 2. The first-order valence-electron chi connectivity index (χ1n) is 7.89. The van der Waals surface area contributed by atoms with Crippen molar-refractivity contribution in [2.45, 2.75) is 33.1 Å². The number of rotatable bonds is 14. The molecule has 0 aromatic heterocycles. The Morgan fingerprint density at radius 1 is 0.783 bits per heavy atom. The average molecular weight is 359 g/mol. The summed E-state index contributed by atoms with van der Waals surface area (Å²) in [6.07, 6.45) is 3.36. The van der Waals surface area contributed by atoms with Gasteiger partial charge in [0.1, 0.15) is 0 Å². The molecule has 0 fully saturated rings. The van der Waals surface area contributed by atoms with Crippen molar-refractivity contribution in [1.82, 2.24) is 10.6 Å². The van der Waals surface area contributed by atoms with Crippen molar-refractivity contribution < 1.29 is 9.59 Å². The van der Waals surface area contributed by atoms with E-state index in [9.17, 15) is 9.59 Å². The molecule has 0 heterocycles. The lowest BCUT2D eigenvalue weighted by Crippen LogP contribution is -2.26. The second kappa shape index (κ2) is 14.7. The molecule has 0 aromatic rings. The summed E-state index contributed by atoms with van der Waals surface area (Å²) in [5.41, 5.74) is 1.93. The Morgan fingerprint density at radius 2 is 1.17 bits per heavy atom. The van der Waals surface area contributed by atoms with Crippen LogP contribution in [0.4, 0.5) is 0 Å². The van der Waals surface area contributed by atoms with E-state index in [1.165, 1.54) is 0 Å². The molecule has 0 aliphatic heterocycles. The molecule has 0 rings (SSSR count). The van der Waals surface area contributed by atoms with Gasteiger partial charge in [-0.25, -0.2) is 0 Å². The summed E-state index contributed by atoms with van der Waals surface area (Å²) < 4.78 is 0. The Morgan fingerprint density at radius 3 is 1.52 bits per heavy atom. The van der Waals surface area contributed by atoms with Crippen LogP contribution in [0.1, 0.15) is 33.1 Å². The van der Waals surface area contributed by atoms with Crippen LogP contribution in [-0.4, -0.2) is 47.9 Å². The van der Waals surface area contributed by atoms with Crippen molar-refractivity contribution in [3.8, 4) is 0 Å². The zero-order chi connectivity index (χ0) is 17.5. The van der Waals surface area contributed by atoms with Crippen LogP contribution in [0.15, 0.2) is 24.3 Å². The molecule has 0 saturated carbocycles. The molecule has 0 radical (unpaired) electrons. The van der Waals surface area contributed by atoms with Crippen LogP contribution in [0.5, 0.6) is 0 Å². The quantitative estimate of drug-likeness (QED) is 0.370. The van der Waals surface area contributed by atoms with Gasteiger partial charge in [0.25, 0.3) is 0 Å². The summed E-state index contributed by atoms with van der Waals surface area (Å²) in [6, 6.07) is 0. The number of hydrogen-bond donors (Lipinski definition) is 2. The molecule has 2 amide bonds. The molecule has 23 heavy (non-hydrogen) atoms. The van der Waals surface area contributed by atoms with Gasteiger partial charge in [0.15, 0.2) is 0 Å². The van der Waals surface area contributed by atoms with Gasteiger partial charge < -0.3 is 10.6 Å². The fourth-order valence-corrected chi connectivity index (χ4v) is 3.20. The summed E-state index contributed by atoms with van der Waals surface area (Å²) in [6.45, 7) is 12.4. The van der Waals surface area contributed by atoms with Gasteiger partial charge >= 0.3 is 0 Å². The third-order valence-corrected chi connectivity index (χ3v) is 4.81. The van der Waals surface area contributed by atoms with Crippen LogP contribution in [0.25, 0.3) is 0 Å². The molecule has 6 heteroatoms. The summed E-state index contributed by atoms with van der Waals surface area (Å²) >= 11 is 3.34. The van der Waals surface area contributed by atoms with Gasteiger partial charge in [-0.15, -0.1) is 0 Å². The maximum atomic E-state index is 11.5. The van der Waals surface area contributed by atoms with Crippen molar-refractivity contribution in [1.29, 1.82) is 0 Å². The highest BCUT2D eigenvalue weighted by Crippen LogP contribution is 2.09. The molecule has 0 saturated heterocycles. The van der Waals surface area contributed by atoms with Gasteiger partial charge in [-0.2, -0.15) is 23.5 Å². The minimum Gasteiger partial charge on any atom is -0.352 e. The Labute approximate surface area is 149 Å². The van der Waals surface area contributed by atoms with E-state index in [0.29, 0.717) is 24.6 Å². The Bertz CT molecular complexity index is 362. The first-order chi connectivity index (χ1) is 10.9. The number of thioether (sulfide) groups is 2. The molecule has 132 valence electrons. The summed E-state index contributed by atoms with van der Waals surface area (Å²) in [5.74, 6) is 3.20. The van der Waals surface area contributed by atoms with Crippen molar-refractivity contribution >= 4 is 35.3 Å². The molecular formula is C17H30N2O2S2. The number of unbranched alkanes of at least 4 members (excludes halogenated alkanes) is 2. The van der Waals surface area contributed by atoms with Crippen molar-refractivity contribution in [3.05, 3.63) is 24.3 Å². The normalized spacial score (nSPS) is 10.2. The summed E-state index contributed by atoms with van der Waals surface area (Å²) in [7, 11) is 0. The lowest BCUT2D eigenvalue weighted by Gasteiger charge is -2.05. The topological polar surface area (TPSA) is 58.2 Å². The number of carbonyl (C=O) groups is 2. The first-order valence-corrected chi connectivity index (χ1v) is 10.2. The predicted molar refractivity (Wildman–Crippen MR) is 104 cm³/mol. The molecule has 4 nitrogen and oxygen atoms in total. The van der Waals surface area contributed by atoms with Crippen LogP contribution >= 0.6 is 23.5 Å². The molecule has 0 aliphatic carbocycles. The molecular weight excluding hydrogens is 328 g/mol. The van der Waals surface area contributed by atoms with Crippen LogP contribution in [0, 0.1) is 0 Å². The highest BCUT2D eigenvalue weighted by molar-refractivity contribution is 8.00. The third-order valence-electron chi connectivity index (χ3n) is 2.72. The third kappa shape index (κ3) is 17.3. The molecule has 0 aromatic carbocycles. The molecule has 0 unspecified atom stereocenters. The molecule has 0 spiro atoms. The van der Waals surface area contributed by atoms with E-state index < -0.39 is 0 Å². The van der Waals surface area contributed by atoms with Crippen LogP contribution in [0.2, 0.25) is 0 Å². The summed E-state index contributed by atoms with van der Waals surface area (Å²) in [5, 5.41) is 5.65. The number of hydrogen-bond acceptors (Lipinski definition) is 4. The minimum absolute atomic E-state index is 0.0781. The Hall–Kier alpha value is -0.880. The predicted octanol–water partition coefficient (Wildman–Crippen LogP) is 3.01. The summed E-state index contributed by atoms with van der Waals surface area (Å²) in [4.78, 5) is 22.9. The van der Waals surface area contributed by atoms with E-state index >= 15 is 0 Å². The average Bonchev–Trinajstić information content (AvgIpc) is 2.49. The fourth-order valence-electron chi connectivity index (χ4n) is 1.52. The van der Waals surface area contributed by atoms with E-state index in [4.69, 9.17) is 0 Å². The van der Waals surface area contributed by atoms with Gasteiger partial charge in [-0.05, 0) is 38.2 Å². The zero-order valence-electron chi connectivity index (χ0n) is 14.4.